The first-order valence-electron chi connectivity index (χ1n) is 7.33. The average molecular weight is 366 g/mol. The van der Waals surface area contributed by atoms with Gasteiger partial charge in [-0.05, 0) is 53.4 Å². The lowest BCUT2D eigenvalue weighted by atomic mass is 9.99. The fraction of sp³-hybridized carbons (Fsp3) is 0.500. The van der Waals surface area contributed by atoms with Gasteiger partial charge in [0.15, 0.2) is 0 Å². The van der Waals surface area contributed by atoms with Crippen LogP contribution >= 0.6 is 15.9 Å². The summed E-state index contributed by atoms with van der Waals surface area (Å²) in [6, 6.07) is 7.87. The van der Waals surface area contributed by atoms with Gasteiger partial charge >= 0.3 is 6.03 Å². The molecular weight excluding hydrogens is 346 g/mol. The van der Waals surface area contributed by atoms with Crippen LogP contribution in [0.3, 0.4) is 0 Å². The molecular formula is C16H20BrN3O2. The fourth-order valence-electron chi connectivity index (χ4n) is 2.52. The zero-order valence-corrected chi connectivity index (χ0v) is 14.4. The van der Waals surface area contributed by atoms with Crippen LogP contribution in [-0.4, -0.2) is 31.1 Å². The number of methoxy groups -OCH3 is 1. The summed E-state index contributed by atoms with van der Waals surface area (Å²) < 4.78 is 6.07. The number of hydrogen-bond donors (Lipinski definition) is 1. The van der Waals surface area contributed by atoms with Gasteiger partial charge in [-0.1, -0.05) is 6.07 Å². The second kappa shape index (κ2) is 7.50. The molecule has 2 rings (SSSR count). The van der Waals surface area contributed by atoms with Crippen molar-refractivity contribution in [2.24, 2.45) is 5.92 Å². The van der Waals surface area contributed by atoms with E-state index in [-0.39, 0.29) is 18.0 Å². The zero-order valence-electron chi connectivity index (χ0n) is 12.8. The molecule has 1 saturated heterocycles. The monoisotopic (exact) mass is 365 g/mol. The molecule has 0 saturated carbocycles. The number of nitriles is 1. The minimum atomic E-state index is -0.0941. The van der Waals surface area contributed by atoms with E-state index in [1.165, 1.54) is 0 Å². The summed E-state index contributed by atoms with van der Waals surface area (Å²) in [4.78, 5) is 14.1. The Morgan fingerprint density at radius 1 is 1.50 bits per heavy atom. The molecule has 1 aromatic carbocycles. The molecule has 0 aliphatic carbocycles. The van der Waals surface area contributed by atoms with Crippen LogP contribution in [-0.2, 0) is 0 Å². The van der Waals surface area contributed by atoms with E-state index >= 15 is 0 Å². The standard InChI is InChI=1S/C16H20BrN3O2/c1-11(13-3-4-15(22-2)14(17)9-13)19-16(21)20-7-5-12(10-18)6-8-20/h3-4,9,11-12H,5-8H2,1-2H3,(H,19,21)/t11-/m0/s1. The van der Waals surface area contributed by atoms with E-state index in [1.54, 1.807) is 12.0 Å². The van der Waals surface area contributed by atoms with Crippen LogP contribution < -0.4 is 10.1 Å². The van der Waals surface area contributed by atoms with Crippen molar-refractivity contribution in [1.29, 1.82) is 5.26 Å². The van der Waals surface area contributed by atoms with E-state index in [0.717, 1.165) is 28.6 Å². The average Bonchev–Trinajstić information content (AvgIpc) is 2.54. The lowest BCUT2D eigenvalue weighted by Crippen LogP contribution is -2.45. The SMILES string of the molecule is COc1ccc([C@H](C)NC(=O)N2CCC(C#N)CC2)cc1Br. The molecule has 1 aliphatic rings. The molecule has 1 aromatic rings. The number of urea groups is 1. The largest absolute Gasteiger partial charge is 0.496 e. The molecule has 1 N–H and O–H groups in total. The summed E-state index contributed by atoms with van der Waals surface area (Å²) in [5, 5.41) is 11.9. The van der Waals surface area contributed by atoms with Crippen molar-refractivity contribution < 1.29 is 9.53 Å². The maximum absolute atomic E-state index is 12.3. The maximum atomic E-state index is 12.3. The first-order valence-corrected chi connectivity index (χ1v) is 8.13. The van der Waals surface area contributed by atoms with E-state index in [0.29, 0.717) is 13.1 Å². The Morgan fingerprint density at radius 2 is 2.18 bits per heavy atom. The van der Waals surface area contributed by atoms with Crippen LogP contribution in [0.25, 0.3) is 0 Å². The maximum Gasteiger partial charge on any atom is 0.317 e. The molecule has 22 heavy (non-hydrogen) atoms. The number of halogens is 1. The third kappa shape index (κ3) is 3.92. The van der Waals surface area contributed by atoms with E-state index in [9.17, 15) is 4.79 Å². The number of benzene rings is 1. The van der Waals surface area contributed by atoms with Crippen molar-refractivity contribution in [1.82, 2.24) is 10.2 Å². The summed E-state index contributed by atoms with van der Waals surface area (Å²) >= 11 is 3.45. The van der Waals surface area contributed by atoms with Gasteiger partial charge in [0, 0.05) is 19.0 Å². The number of carbonyl (C=O) groups excluding carboxylic acids is 1. The predicted octanol–water partition coefficient (Wildman–Crippen LogP) is 3.46. The minimum absolute atomic E-state index is 0.0733. The zero-order chi connectivity index (χ0) is 16.1. The van der Waals surface area contributed by atoms with Gasteiger partial charge < -0.3 is 15.0 Å². The quantitative estimate of drug-likeness (QED) is 0.891. The highest BCUT2D eigenvalue weighted by Crippen LogP contribution is 2.28. The van der Waals surface area contributed by atoms with E-state index < -0.39 is 0 Å². The number of piperidine rings is 1. The lowest BCUT2D eigenvalue weighted by Gasteiger charge is -2.30. The molecule has 1 fully saturated rings. The molecule has 0 aromatic heterocycles. The van der Waals surface area contributed by atoms with Crippen molar-refractivity contribution >= 4 is 22.0 Å². The van der Waals surface area contributed by atoms with Gasteiger partial charge in [0.05, 0.1) is 23.7 Å². The fourth-order valence-corrected chi connectivity index (χ4v) is 3.08. The third-order valence-corrected chi connectivity index (χ3v) is 4.60. The van der Waals surface area contributed by atoms with E-state index in [4.69, 9.17) is 10.00 Å². The smallest absolute Gasteiger partial charge is 0.317 e. The summed E-state index contributed by atoms with van der Waals surface area (Å²) in [6.45, 7) is 3.24. The number of nitrogens with zero attached hydrogens (tertiary/aromatic N) is 2. The number of likely N-dealkylation sites (tertiary alicyclic amines) is 1. The minimum Gasteiger partial charge on any atom is -0.496 e. The van der Waals surface area contributed by atoms with Crippen molar-refractivity contribution in [2.75, 3.05) is 20.2 Å². The highest BCUT2D eigenvalue weighted by molar-refractivity contribution is 9.10. The Morgan fingerprint density at radius 3 is 2.73 bits per heavy atom. The highest BCUT2D eigenvalue weighted by atomic mass is 79.9. The van der Waals surface area contributed by atoms with E-state index in [1.807, 2.05) is 25.1 Å². The van der Waals surface area contributed by atoms with Gasteiger partial charge in [0.2, 0.25) is 0 Å². The van der Waals surface area contributed by atoms with Crippen molar-refractivity contribution in [3.05, 3.63) is 28.2 Å². The topological polar surface area (TPSA) is 65.4 Å². The summed E-state index contributed by atoms with van der Waals surface area (Å²) in [5.74, 6) is 0.847. The second-order valence-corrected chi connectivity index (χ2v) is 6.31. The van der Waals surface area contributed by atoms with Crippen LogP contribution in [0.15, 0.2) is 22.7 Å². The molecule has 0 unspecified atom stereocenters. The molecule has 2 amide bonds. The van der Waals surface area contributed by atoms with Crippen LogP contribution in [0.2, 0.25) is 0 Å². The number of carbonyl (C=O) groups is 1. The Labute approximate surface area is 139 Å². The highest BCUT2D eigenvalue weighted by Gasteiger charge is 2.23. The van der Waals surface area contributed by atoms with Crippen LogP contribution in [0, 0.1) is 17.2 Å². The van der Waals surface area contributed by atoms with Crippen molar-refractivity contribution in [3.63, 3.8) is 0 Å². The van der Waals surface area contributed by atoms with Crippen LogP contribution in [0.5, 0.6) is 5.75 Å². The number of amides is 2. The van der Waals surface area contributed by atoms with Gasteiger partial charge in [0.1, 0.15) is 5.75 Å². The van der Waals surface area contributed by atoms with Gasteiger partial charge in [-0.2, -0.15) is 5.26 Å². The first-order chi connectivity index (χ1) is 10.5. The second-order valence-electron chi connectivity index (χ2n) is 5.46. The molecule has 1 atom stereocenters. The number of hydrogen-bond acceptors (Lipinski definition) is 3. The van der Waals surface area contributed by atoms with Crippen molar-refractivity contribution in [3.8, 4) is 11.8 Å². The molecule has 0 bridgehead atoms. The molecule has 0 spiro atoms. The molecule has 1 aliphatic heterocycles. The Hall–Kier alpha value is -1.74. The van der Waals surface area contributed by atoms with Gasteiger partial charge in [-0.25, -0.2) is 4.79 Å². The summed E-state index contributed by atoms with van der Waals surface area (Å²) in [7, 11) is 1.62. The molecule has 1 heterocycles. The van der Waals surface area contributed by atoms with Gasteiger partial charge in [-0.15, -0.1) is 0 Å². The molecule has 118 valence electrons. The predicted molar refractivity (Wildman–Crippen MR) is 87.6 cm³/mol. The van der Waals surface area contributed by atoms with Gasteiger partial charge in [-0.3, -0.25) is 0 Å². The molecule has 0 radical (unpaired) electrons. The molecule has 5 nitrogen and oxygen atoms in total. The summed E-state index contributed by atoms with van der Waals surface area (Å²) in [6.07, 6.45) is 1.51. The van der Waals surface area contributed by atoms with Crippen LogP contribution in [0.4, 0.5) is 4.79 Å². The molecule has 6 heteroatoms. The Balaban J connectivity index is 1.94. The Kier molecular flexibility index (Phi) is 5.67. The van der Waals surface area contributed by atoms with E-state index in [2.05, 4.69) is 27.3 Å². The Bertz CT molecular complexity index is 577. The number of nitrogens with one attached hydrogen (secondary N) is 1. The normalized spacial score (nSPS) is 16.7. The third-order valence-electron chi connectivity index (χ3n) is 3.98. The van der Waals surface area contributed by atoms with Crippen LogP contribution in [0.1, 0.15) is 31.4 Å². The van der Waals surface area contributed by atoms with Gasteiger partial charge in [0.25, 0.3) is 0 Å². The van der Waals surface area contributed by atoms with Crippen molar-refractivity contribution in [2.45, 2.75) is 25.8 Å². The summed E-state index contributed by atoms with van der Waals surface area (Å²) in [5.41, 5.74) is 1.01. The number of rotatable bonds is 3. The first kappa shape index (κ1) is 16.6. The number of ether oxygens (including phenoxy) is 1. The lowest BCUT2D eigenvalue weighted by molar-refractivity contribution is 0.176.